The fourth-order valence-corrected chi connectivity index (χ4v) is 5.18. The van der Waals surface area contributed by atoms with Crippen molar-refractivity contribution in [2.75, 3.05) is 40.0 Å². The fourth-order valence-electron chi connectivity index (χ4n) is 4.25. The topological polar surface area (TPSA) is 62.2 Å². The van der Waals surface area contributed by atoms with Crippen LogP contribution in [-0.4, -0.2) is 72.9 Å². The van der Waals surface area contributed by atoms with Crippen LogP contribution < -0.4 is 4.74 Å². The van der Waals surface area contributed by atoms with Gasteiger partial charge in [0.25, 0.3) is 0 Å². The van der Waals surface area contributed by atoms with Crippen molar-refractivity contribution in [3.63, 3.8) is 0 Å². The van der Waals surface area contributed by atoms with Crippen molar-refractivity contribution >= 4 is 17.2 Å². The summed E-state index contributed by atoms with van der Waals surface area (Å²) in [7, 11) is 1.58. The van der Waals surface area contributed by atoms with Crippen molar-refractivity contribution in [3.05, 3.63) is 51.7 Å². The first kappa shape index (κ1) is 22.3. The molecule has 2 atom stereocenters. The van der Waals surface area contributed by atoms with Gasteiger partial charge in [-0.15, -0.1) is 11.3 Å². The molecule has 1 aliphatic carbocycles. The minimum absolute atomic E-state index is 0.0891. The lowest BCUT2D eigenvalue weighted by atomic mass is 10.0. The van der Waals surface area contributed by atoms with E-state index in [1.165, 1.54) is 16.0 Å². The van der Waals surface area contributed by atoms with Gasteiger partial charge in [-0.1, -0.05) is 17.7 Å². The second-order valence-corrected chi connectivity index (χ2v) is 9.55. The van der Waals surface area contributed by atoms with E-state index in [0.717, 1.165) is 25.0 Å². The highest BCUT2D eigenvalue weighted by molar-refractivity contribution is 7.10. The number of aliphatic hydroxyl groups excluding tert-OH is 1. The number of thiophene rings is 1. The Morgan fingerprint density at radius 3 is 2.77 bits per heavy atom. The number of ether oxygens (including phenoxy) is 2. The molecule has 1 saturated carbocycles. The van der Waals surface area contributed by atoms with Gasteiger partial charge in [0.05, 0.1) is 25.3 Å². The smallest absolute Gasteiger partial charge is 0.237 e. The van der Waals surface area contributed by atoms with E-state index in [1.807, 2.05) is 29.2 Å². The summed E-state index contributed by atoms with van der Waals surface area (Å²) in [6.07, 6.45) is 2.47. The number of aryl methyl sites for hydroxylation is 1. The van der Waals surface area contributed by atoms with E-state index in [9.17, 15) is 9.90 Å². The summed E-state index contributed by atoms with van der Waals surface area (Å²) in [5.74, 6) is 0.925. The molecule has 2 aromatic rings. The Labute approximate surface area is 188 Å². The number of rotatable bonds is 10. The molecule has 1 N–H and O–H groups in total. The first-order valence-corrected chi connectivity index (χ1v) is 11.9. The van der Waals surface area contributed by atoms with E-state index in [2.05, 4.69) is 23.3 Å². The van der Waals surface area contributed by atoms with Gasteiger partial charge in [0.15, 0.2) is 0 Å². The molecule has 1 aliphatic heterocycles. The third-order valence-corrected chi connectivity index (χ3v) is 7.05. The quantitative estimate of drug-likeness (QED) is 0.610. The lowest BCUT2D eigenvalue weighted by molar-refractivity contribution is -0.136. The zero-order chi connectivity index (χ0) is 21.8. The van der Waals surface area contributed by atoms with Gasteiger partial charge in [0.1, 0.15) is 12.4 Å². The van der Waals surface area contributed by atoms with Crippen LogP contribution in [-0.2, 0) is 16.0 Å². The normalized spacial score (nSPS) is 19.4. The highest BCUT2D eigenvalue weighted by atomic mass is 32.1. The van der Waals surface area contributed by atoms with Gasteiger partial charge in [0.2, 0.25) is 5.91 Å². The van der Waals surface area contributed by atoms with Gasteiger partial charge >= 0.3 is 0 Å². The van der Waals surface area contributed by atoms with Crippen molar-refractivity contribution < 1.29 is 19.4 Å². The number of nitrogens with zero attached hydrogens (tertiary/aromatic N) is 2. The Hall–Kier alpha value is -1.93. The lowest BCUT2D eigenvalue weighted by Gasteiger charge is -2.37. The number of carbonyl (C=O) groups excluding carboxylic acids is 1. The summed E-state index contributed by atoms with van der Waals surface area (Å²) in [6.45, 7) is 4.27. The molecule has 4 rings (SSSR count). The monoisotopic (exact) mass is 444 g/mol. The second-order valence-electron chi connectivity index (χ2n) is 8.55. The standard InChI is InChI=1S/C24H32N2O4S/c1-17-3-7-20(8-4-17)30-16-22-21-10-12-31-23(21)9-11-26(22)24(28)14-25(18-5-6-18)13-19(27)15-29-2/h3-4,7-8,10,12,18-19,22,27H,5-6,9,11,13-16H2,1-2H3/t19-,22+/m0/s1. The molecule has 0 bridgehead atoms. The summed E-state index contributed by atoms with van der Waals surface area (Å²) in [4.78, 5) is 18.8. The number of hydrogen-bond donors (Lipinski definition) is 1. The molecule has 0 radical (unpaired) electrons. The highest BCUT2D eigenvalue weighted by Crippen LogP contribution is 2.34. The van der Waals surface area contributed by atoms with Gasteiger partial charge in [-0.3, -0.25) is 9.69 Å². The second kappa shape index (κ2) is 10.1. The van der Waals surface area contributed by atoms with Gasteiger partial charge in [-0.05, 0) is 55.3 Å². The Morgan fingerprint density at radius 1 is 1.29 bits per heavy atom. The molecule has 6 nitrogen and oxygen atoms in total. The van der Waals surface area contributed by atoms with E-state index >= 15 is 0 Å². The van der Waals surface area contributed by atoms with Crippen LogP contribution in [0.3, 0.4) is 0 Å². The minimum Gasteiger partial charge on any atom is -0.491 e. The molecule has 0 unspecified atom stereocenters. The van der Waals surface area contributed by atoms with Crippen LogP contribution in [0, 0.1) is 6.92 Å². The first-order chi connectivity index (χ1) is 15.0. The number of carbonyl (C=O) groups is 1. The molecular weight excluding hydrogens is 412 g/mol. The molecule has 1 aromatic carbocycles. The van der Waals surface area contributed by atoms with Crippen molar-refractivity contribution in [1.82, 2.24) is 9.80 Å². The molecule has 2 aliphatic rings. The number of hydrogen-bond acceptors (Lipinski definition) is 6. The number of fused-ring (bicyclic) bond motifs is 1. The van der Waals surface area contributed by atoms with Crippen LogP contribution in [0.2, 0.25) is 0 Å². The summed E-state index contributed by atoms with van der Waals surface area (Å²) in [5.41, 5.74) is 2.40. The van der Waals surface area contributed by atoms with Gasteiger partial charge in [0, 0.05) is 31.1 Å². The molecular formula is C24H32N2O4S. The van der Waals surface area contributed by atoms with Crippen LogP contribution in [0.15, 0.2) is 35.7 Å². The first-order valence-electron chi connectivity index (χ1n) is 11.0. The summed E-state index contributed by atoms with van der Waals surface area (Å²) in [6, 6.07) is 10.5. The molecule has 168 valence electrons. The SMILES string of the molecule is COC[C@@H](O)CN(CC(=O)N1CCc2sccc2[C@H]1COc1ccc(C)cc1)C1CC1. The van der Waals surface area contributed by atoms with Crippen LogP contribution >= 0.6 is 11.3 Å². The number of methoxy groups -OCH3 is 1. The zero-order valence-corrected chi connectivity index (χ0v) is 19.1. The van der Waals surface area contributed by atoms with Crippen molar-refractivity contribution in [2.24, 2.45) is 0 Å². The van der Waals surface area contributed by atoms with Gasteiger partial charge in [-0.25, -0.2) is 0 Å². The van der Waals surface area contributed by atoms with E-state index in [0.29, 0.717) is 32.3 Å². The third-order valence-electron chi connectivity index (χ3n) is 6.05. The van der Waals surface area contributed by atoms with Crippen LogP contribution in [0.5, 0.6) is 5.75 Å². The Kier molecular flexibility index (Phi) is 7.27. The molecule has 1 fully saturated rings. The molecule has 1 amide bonds. The van der Waals surface area contributed by atoms with E-state index in [4.69, 9.17) is 9.47 Å². The van der Waals surface area contributed by atoms with Crippen LogP contribution in [0.25, 0.3) is 0 Å². The van der Waals surface area contributed by atoms with Crippen molar-refractivity contribution in [1.29, 1.82) is 0 Å². The maximum absolute atomic E-state index is 13.4. The van der Waals surface area contributed by atoms with Crippen molar-refractivity contribution in [3.8, 4) is 5.75 Å². The summed E-state index contributed by atoms with van der Waals surface area (Å²) < 4.78 is 11.2. The van der Waals surface area contributed by atoms with Crippen LogP contribution in [0.1, 0.15) is 34.9 Å². The summed E-state index contributed by atoms with van der Waals surface area (Å²) in [5, 5.41) is 12.3. The fraction of sp³-hybridized carbons (Fsp3) is 0.542. The van der Waals surface area contributed by atoms with E-state index < -0.39 is 6.10 Å². The molecule has 7 heteroatoms. The third kappa shape index (κ3) is 5.66. The number of amides is 1. The molecule has 0 spiro atoms. The maximum Gasteiger partial charge on any atom is 0.237 e. The summed E-state index contributed by atoms with van der Waals surface area (Å²) >= 11 is 1.76. The highest BCUT2D eigenvalue weighted by Gasteiger charge is 2.36. The Balaban J connectivity index is 1.45. The largest absolute Gasteiger partial charge is 0.491 e. The predicted octanol–water partition coefficient (Wildman–Crippen LogP) is 3.03. The van der Waals surface area contributed by atoms with Crippen LogP contribution in [0.4, 0.5) is 0 Å². The molecule has 31 heavy (non-hydrogen) atoms. The molecule has 0 saturated heterocycles. The lowest BCUT2D eigenvalue weighted by Crippen LogP contribution is -2.48. The Morgan fingerprint density at radius 2 is 2.06 bits per heavy atom. The Bertz CT molecular complexity index is 865. The van der Waals surface area contributed by atoms with Gasteiger partial charge in [-0.2, -0.15) is 0 Å². The number of benzene rings is 1. The minimum atomic E-state index is -0.580. The van der Waals surface area contributed by atoms with Crippen molar-refractivity contribution in [2.45, 2.75) is 44.4 Å². The molecule has 1 aromatic heterocycles. The maximum atomic E-state index is 13.4. The van der Waals surface area contributed by atoms with E-state index in [-0.39, 0.29) is 18.6 Å². The number of aliphatic hydroxyl groups is 1. The zero-order valence-electron chi connectivity index (χ0n) is 18.3. The average Bonchev–Trinajstić information content (AvgIpc) is 3.49. The van der Waals surface area contributed by atoms with E-state index in [1.54, 1.807) is 18.4 Å². The average molecular weight is 445 g/mol. The predicted molar refractivity (Wildman–Crippen MR) is 122 cm³/mol. The molecule has 2 heterocycles. The van der Waals surface area contributed by atoms with Gasteiger partial charge < -0.3 is 19.5 Å².